The molecule has 2 aliphatic heterocycles. The lowest BCUT2D eigenvalue weighted by molar-refractivity contribution is -0.139. The molecule has 330 valence electrons. The zero-order chi connectivity index (χ0) is 43.8. The van der Waals surface area contributed by atoms with E-state index in [-0.39, 0.29) is 42.7 Å². The highest BCUT2D eigenvalue weighted by Crippen LogP contribution is 2.40. The second-order valence-electron chi connectivity index (χ2n) is 19.2. The van der Waals surface area contributed by atoms with Gasteiger partial charge >= 0.3 is 12.2 Å². The average molecular weight is 897 g/mol. The van der Waals surface area contributed by atoms with Gasteiger partial charge in [-0.25, -0.2) is 14.6 Å². The summed E-state index contributed by atoms with van der Waals surface area (Å²) < 4.78 is 17.8. The van der Waals surface area contributed by atoms with Gasteiger partial charge in [-0.15, -0.1) is 0 Å². The largest absolute Gasteiger partial charge is 0.485 e. The lowest BCUT2D eigenvalue weighted by Crippen LogP contribution is -2.51. The molecule has 7 rings (SSSR count). The number of carbonyl (C=O) groups excluding carboxylic acids is 3. The molecule has 3 aromatic rings. The van der Waals surface area contributed by atoms with Crippen LogP contribution >= 0.6 is 34.8 Å². The van der Waals surface area contributed by atoms with Crippen LogP contribution in [0.25, 0.3) is 0 Å². The van der Waals surface area contributed by atoms with Crippen LogP contribution in [0.3, 0.4) is 0 Å². The fourth-order valence-corrected chi connectivity index (χ4v) is 9.21. The van der Waals surface area contributed by atoms with Crippen LogP contribution < -0.4 is 9.64 Å². The summed E-state index contributed by atoms with van der Waals surface area (Å²) in [6.07, 6.45) is 6.85. The van der Waals surface area contributed by atoms with Crippen molar-refractivity contribution in [1.29, 1.82) is 0 Å². The summed E-state index contributed by atoms with van der Waals surface area (Å²) in [4.78, 5) is 54.1. The summed E-state index contributed by atoms with van der Waals surface area (Å²) in [5, 5.41) is 1.58. The maximum absolute atomic E-state index is 15.0. The standard InChI is InChI=1S/C47H60Cl3N5O6/c1-29-22-39(49)42(40(50)23-29)59-35-17-19-52(27-35)41-15-9-31(25-51-41)36-18-20-53(44(57)60-46(2,3)4)28-37(36)43(56)55(34-12-13-34)26-32-24-30(8-14-38(32)48)16-21-54(33-10-11-33)45(58)61-47(5,6)7/h8-9,14-15,22-25,33-37H,10-13,16-21,26-28H2,1-7H3/t35-,36-,37+/m1/s1. The Hall–Kier alpha value is -3.93. The van der Waals surface area contributed by atoms with E-state index < -0.39 is 23.2 Å². The van der Waals surface area contributed by atoms with Gasteiger partial charge < -0.3 is 33.8 Å². The number of nitrogens with zero attached hydrogens (tertiary/aromatic N) is 5. The monoisotopic (exact) mass is 895 g/mol. The highest BCUT2D eigenvalue weighted by atomic mass is 35.5. The summed E-state index contributed by atoms with van der Waals surface area (Å²) in [7, 11) is 0. The third kappa shape index (κ3) is 11.8. The van der Waals surface area contributed by atoms with E-state index in [0.29, 0.717) is 59.8 Å². The molecule has 11 nitrogen and oxygen atoms in total. The minimum Gasteiger partial charge on any atom is -0.485 e. The van der Waals surface area contributed by atoms with E-state index in [1.807, 2.05) is 94.8 Å². The second kappa shape index (κ2) is 18.4. The van der Waals surface area contributed by atoms with Crippen LogP contribution in [0.5, 0.6) is 5.75 Å². The van der Waals surface area contributed by atoms with Gasteiger partial charge in [0, 0.05) is 68.4 Å². The highest BCUT2D eigenvalue weighted by molar-refractivity contribution is 6.37. The molecule has 2 aromatic carbocycles. The summed E-state index contributed by atoms with van der Waals surface area (Å²) in [5.74, 6) is 0.626. The Labute approximate surface area is 375 Å². The number of halogens is 3. The second-order valence-corrected chi connectivity index (χ2v) is 20.4. The van der Waals surface area contributed by atoms with Crippen LogP contribution in [0, 0.1) is 12.8 Å². The highest BCUT2D eigenvalue weighted by Gasteiger charge is 2.44. The minimum atomic E-state index is -0.671. The molecule has 4 fully saturated rings. The van der Waals surface area contributed by atoms with Crippen LogP contribution in [0.15, 0.2) is 48.7 Å². The lowest BCUT2D eigenvalue weighted by atomic mass is 9.80. The van der Waals surface area contributed by atoms with Crippen LogP contribution in [-0.2, 0) is 27.2 Å². The van der Waals surface area contributed by atoms with Crippen molar-refractivity contribution in [3.05, 3.63) is 86.0 Å². The molecule has 1 aromatic heterocycles. The minimum absolute atomic E-state index is 0.0101. The Bertz CT molecular complexity index is 2060. The van der Waals surface area contributed by atoms with Crippen molar-refractivity contribution >= 4 is 58.7 Å². The van der Waals surface area contributed by atoms with Crippen molar-refractivity contribution in [2.45, 2.75) is 135 Å². The summed E-state index contributed by atoms with van der Waals surface area (Å²) in [6, 6.07) is 14.0. The fourth-order valence-electron chi connectivity index (χ4n) is 8.35. The third-order valence-electron chi connectivity index (χ3n) is 11.7. The predicted molar refractivity (Wildman–Crippen MR) is 240 cm³/mol. The number of carbonyl (C=O) groups is 3. The van der Waals surface area contributed by atoms with Gasteiger partial charge in [0.15, 0.2) is 5.75 Å². The molecule has 0 radical (unpaired) electrons. The molecule has 14 heteroatoms. The molecule has 0 unspecified atom stereocenters. The summed E-state index contributed by atoms with van der Waals surface area (Å²) in [5.41, 5.74) is 2.58. The van der Waals surface area contributed by atoms with Gasteiger partial charge in [0.25, 0.3) is 0 Å². The van der Waals surface area contributed by atoms with Crippen molar-refractivity contribution in [3.8, 4) is 5.75 Å². The van der Waals surface area contributed by atoms with E-state index in [1.54, 1.807) is 4.90 Å². The first-order valence-corrected chi connectivity index (χ1v) is 22.8. The number of likely N-dealkylation sites (tertiary alicyclic amines) is 1. The number of rotatable bonds is 12. The number of amides is 3. The van der Waals surface area contributed by atoms with Gasteiger partial charge in [-0.2, -0.15) is 0 Å². The van der Waals surface area contributed by atoms with Crippen molar-refractivity contribution in [2.24, 2.45) is 5.92 Å². The van der Waals surface area contributed by atoms with E-state index in [4.69, 9.17) is 54.0 Å². The van der Waals surface area contributed by atoms with Crippen molar-refractivity contribution < 1.29 is 28.6 Å². The Morgan fingerprint density at radius 3 is 2.08 bits per heavy atom. The number of hydrogen-bond acceptors (Lipinski definition) is 8. The van der Waals surface area contributed by atoms with Gasteiger partial charge in [-0.3, -0.25) is 4.79 Å². The van der Waals surface area contributed by atoms with Gasteiger partial charge in [0.05, 0.1) is 22.5 Å². The molecule has 3 heterocycles. The van der Waals surface area contributed by atoms with E-state index >= 15 is 4.79 Å². The predicted octanol–water partition coefficient (Wildman–Crippen LogP) is 10.5. The van der Waals surface area contributed by atoms with E-state index in [2.05, 4.69) is 17.0 Å². The van der Waals surface area contributed by atoms with Crippen LogP contribution in [-0.4, -0.2) is 99.9 Å². The third-order valence-corrected chi connectivity index (χ3v) is 12.6. The SMILES string of the molecule is Cc1cc(Cl)c(O[C@@H]2CCN(c3ccc([C@H]4CCN(C(=O)OC(C)(C)C)C[C@@H]4C(=O)N(Cc4cc(CCN(C(=O)OC(C)(C)C)C5CC5)ccc4Cl)C4CC4)cn3)C2)c(Cl)c1. The van der Waals surface area contributed by atoms with Gasteiger partial charge in [-0.1, -0.05) is 53.0 Å². The molecule has 3 amide bonds. The van der Waals surface area contributed by atoms with Crippen molar-refractivity contribution in [2.75, 3.05) is 37.6 Å². The maximum atomic E-state index is 15.0. The van der Waals surface area contributed by atoms with Gasteiger partial charge in [0.2, 0.25) is 5.91 Å². The molecule has 2 saturated carbocycles. The number of pyridine rings is 1. The first-order valence-electron chi connectivity index (χ1n) is 21.7. The first-order chi connectivity index (χ1) is 28.8. The Kier molecular flexibility index (Phi) is 13.6. The molecule has 2 saturated heterocycles. The Morgan fingerprint density at radius 2 is 1.46 bits per heavy atom. The molecule has 61 heavy (non-hydrogen) atoms. The van der Waals surface area contributed by atoms with Gasteiger partial charge in [0.1, 0.15) is 23.1 Å². The lowest BCUT2D eigenvalue weighted by Gasteiger charge is -2.40. The van der Waals surface area contributed by atoms with E-state index in [1.165, 1.54) is 0 Å². The quantitative estimate of drug-likeness (QED) is 0.177. The molecule has 2 aliphatic carbocycles. The van der Waals surface area contributed by atoms with Crippen LogP contribution in [0.1, 0.15) is 108 Å². The Morgan fingerprint density at radius 1 is 0.787 bits per heavy atom. The zero-order valence-corrected chi connectivity index (χ0v) is 38.8. The number of ether oxygens (including phenoxy) is 3. The van der Waals surface area contributed by atoms with Crippen molar-refractivity contribution in [1.82, 2.24) is 19.7 Å². The number of aromatic nitrogens is 1. The molecule has 0 bridgehead atoms. The van der Waals surface area contributed by atoms with E-state index in [0.717, 1.165) is 66.7 Å². The molecule has 3 atom stereocenters. The van der Waals surface area contributed by atoms with Gasteiger partial charge in [-0.05, 0) is 134 Å². The van der Waals surface area contributed by atoms with E-state index in [9.17, 15) is 9.59 Å². The number of aryl methyl sites for hydroxylation is 1. The zero-order valence-electron chi connectivity index (χ0n) is 36.5. The smallest absolute Gasteiger partial charge is 0.410 e. The summed E-state index contributed by atoms with van der Waals surface area (Å²) >= 11 is 19.8. The summed E-state index contributed by atoms with van der Waals surface area (Å²) in [6.45, 7) is 16.1. The average Bonchev–Trinajstić information content (AvgIpc) is 4.13. The normalized spacial score (nSPS) is 20.7. The molecule has 4 aliphatic rings. The molecule has 0 spiro atoms. The molecular weight excluding hydrogens is 837 g/mol. The number of benzene rings is 2. The molecular formula is C47H60Cl3N5O6. The maximum Gasteiger partial charge on any atom is 0.410 e. The van der Waals surface area contributed by atoms with Crippen LogP contribution in [0.2, 0.25) is 15.1 Å². The topological polar surface area (TPSA) is 105 Å². The number of anilines is 1. The van der Waals surface area contributed by atoms with Crippen LogP contribution in [0.4, 0.5) is 15.4 Å². The fraction of sp³-hybridized carbons (Fsp3) is 0.574. The molecule has 0 N–H and O–H groups in total. The van der Waals surface area contributed by atoms with Crippen molar-refractivity contribution in [3.63, 3.8) is 0 Å². The number of piperidine rings is 1. The Balaban J connectivity index is 1.07. The number of hydrogen-bond donors (Lipinski definition) is 0. The first kappa shape index (κ1) is 45.1.